The van der Waals surface area contributed by atoms with Crippen molar-refractivity contribution < 1.29 is 14.3 Å². The Labute approximate surface area is 178 Å². The molecule has 0 radical (unpaired) electrons. The molecule has 0 aliphatic carbocycles. The van der Waals surface area contributed by atoms with E-state index in [2.05, 4.69) is 4.90 Å². The van der Waals surface area contributed by atoms with E-state index >= 15 is 0 Å². The minimum atomic E-state index is -1.23. The maximum absolute atomic E-state index is 13.9. The first kappa shape index (κ1) is 20.6. The molecule has 0 saturated carbocycles. The summed E-state index contributed by atoms with van der Waals surface area (Å²) in [5, 5.41) is 0. The van der Waals surface area contributed by atoms with Gasteiger partial charge in [0.1, 0.15) is 0 Å². The van der Waals surface area contributed by atoms with Crippen LogP contribution < -0.4 is 4.90 Å². The zero-order valence-electron chi connectivity index (χ0n) is 17.7. The van der Waals surface area contributed by atoms with Crippen LogP contribution in [0.2, 0.25) is 0 Å². The van der Waals surface area contributed by atoms with Crippen LogP contribution in [0, 0.1) is 5.41 Å². The van der Waals surface area contributed by atoms with Gasteiger partial charge < -0.3 is 14.5 Å². The lowest BCUT2D eigenvalue weighted by Crippen LogP contribution is -2.56. The summed E-state index contributed by atoms with van der Waals surface area (Å²) in [6, 6.07) is 17.7. The predicted octanol–water partition coefficient (Wildman–Crippen LogP) is 3.46. The number of likely N-dealkylation sites (tertiary alicyclic amines) is 1. The van der Waals surface area contributed by atoms with Crippen LogP contribution in [0.3, 0.4) is 0 Å². The van der Waals surface area contributed by atoms with Crippen molar-refractivity contribution >= 4 is 17.6 Å². The third kappa shape index (κ3) is 3.99. The van der Waals surface area contributed by atoms with Crippen LogP contribution in [-0.2, 0) is 27.2 Å². The van der Waals surface area contributed by atoms with Gasteiger partial charge in [0.05, 0.1) is 7.11 Å². The van der Waals surface area contributed by atoms with Crippen LogP contribution in [0.25, 0.3) is 0 Å². The van der Waals surface area contributed by atoms with Crippen molar-refractivity contribution in [2.45, 2.75) is 32.1 Å². The minimum Gasteiger partial charge on any atom is -0.468 e. The smallest absolute Gasteiger partial charge is 0.322 e. The first-order valence-electron chi connectivity index (χ1n) is 10.9. The Hall–Kier alpha value is -2.66. The van der Waals surface area contributed by atoms with Crippen LogP contribution in [0.4, 0.5) is 5.69 Å². The number of fused-ring (bicyclic) bond motifs is 1. The molecule has 0 aromatic heterocycles. The Balaban J connectivity index is 1.68. The third-order valence-corrected chi connectivity index (χ3v) is 6.44. The number of nitrogens with zero attached hydrogens (tertiary/aromatic N) is 2. The molecule has 0 N–H and O–H groups in total. The van der Waals surface area contributed by atoms with Gasteiger partial charge in [-0.15, -0.1) is 0 Å². The fourth-order valence-electron chi connectivity index (χ4n) is 4.85. The van der Waals surface area contributed by atoms with Gasteiger partial charge in [0, 0.05) is 18.8 Å². The summed E-state index contributed by atoms with van der Waals surface area (Å²) in [6.07, 6.45) is 4.41. The molecule has 30 heavy (non-hydrogen) atoms. The summed E-state index contributed by atoms with van der Waals surface area (Å²) in [5.74, 6) is -0.595. The molecule has 2 aliphatic heterocycles. The van der Waals surface area contributed by atoms with Crippen molar-refractivity contribution in [1.29, 1.82) is 0 Å². The summed E-state index contributed by atoms with van der Waals surface area (Å²) in [6.45, 7) is 3.57. The van der Waals surface area contributed by atoms with E-state index in [1.54, 1.807) is 0 Å². The molecule has 1 saturated heterocycles. The van der Waals surface area contributed by atoms with Gasteiger partial charge in [-0.1, -0.05) is 55.0 Å². The largest absolute Gasteiger partial charge is 0.468 e. The standard InChI is InChI=1S/C25H30N2O3/c1-30-24(29)25(18-20-10-4-2-5-11-20)19-21-12-6-7-13-22(21)27(23(25)28)17-16-26-14-8-3-9-15-26/h2,4-7,10-13H,3,8-9,14-19H2,1H3. The minimum absolute atomic E-state index is 0.145. The van der Waals surface area contributed by atoms with Crippen molar-refractivity contribution in [3.63, 3.8) is 0 Å². The van der Waals surface area contributed by atoms with Gasteiger partial charge in [-0.25, -0.2) is 0 Å². The second-order valence-corrected chi connectivity index (χ2v) is 8.40. The lowest BCUT2D eigenvalue weighted by atomic mass is 9.72. The fraction of sp³-hybridized carbons (Fsp3) is 0.440. The van der Waals surface area contributed by atoms with Gasteiger partial charge >= 0.3 is 5.97 Å². The van der Waals surface area contributed by atoms with Crippen LogP contribution in [-0.4, -0.2) is 50.1 Å². The Bertz CT molecular complexity index is 892. The van der Waals surface area contributed by atoms with Crippen molar-refractivity contribution in [2.24, 2.45) is 5.41 Å². The van der Waals surface area contributed by atoms with Crippen LogP contribution in [0.5, 0.6) is 0 Å². The molecule has 1 amide bonds. The SMILES string of the molecule is COC(=O)C1(Cc2ccccc2)Cc2ccccc2N(CCN2CCCCC2)C1=O. The Morgan fingerprint density at radius 2 is 1.67 bits per heavy atom. The second-order valence-electron chi connectivity index (χ2n) is 8.40. The van der Waals surface area contributed by atoms with E-state index in [9.17, 15) is 9.59 Å². The zero-order chi connectivity index (χ0) is 21.0. The lowest BCUT2D eigenvalue weighted by Gasteiger charge is -2.41. The molecule has 2 aromatic rings. The van der Waals surface area contributed by atoms with Gasteiger partial charge in [0.25, 0.3) is 0 Å². The molecule has 158 valence electrons. The maximum Gasteiger partial charge on any atom is 0.322 e. The monoisotopic (exact) mass is 406 g/mol. The molecular formula is C25H30N2O3. The maximum atomic E-state index is 13.9. The predicted molar refractivity (Wildman–Crippen MR) is 117 cm³/mol. The molecule has 1 fully saturated rings. The van der Waals surface area contributed by atoms with E-state index in [1.165, 1.54) is 26.4 Å². The highest BCUT2D eigenvalue weighted by molar-refractivity contribution is 6.12. The van der Waals surface area contributed by atoms with Crippen LogP contribution in [0.15, 0.2) is 54.6 Å². The molecular weight excluding hydrogens is 376 g/mol. The average Bonchev–Trinajstić information content (AvgIpc) is 2.80. The van der Waals surface area contributed by atoms with E-state index < -0.39 is 11.4 Å². The Kier molecular flexibility index (Phi) is 6.18. The fourth-order valence-corrected chi connectivity index (χ4v) is 4.85. The van der Waals surface area contributed by atoms with E-state index in [4.69, 9.17) is 4.74 Å². The van der Waals surface area contributed by atoms with Crippen molar-refractivity contribution in [2.75, 3.05) is 38.2 Å². The number of benzene rings is 2. The van der Waals surface area contributed by atoms with Gasteiger partial charge in [-0.2, -0.15) is 0 Å². The topological polar surface area (TPSA) is 49.9 Å². The number of esters is 1. The average molecular weight is 407 g/mol. The van der Waals surface area contributed by atoms with Gasteiger partial charge in [-0.3, -0.25) is 9.59 Å². The second kappa shape index (κ2) is 9.00. The number of amides is 1. The number of ether oxygens (including phenoxy) is 1. The van der Waals surface area contributed by atoms with Crippen LogP contribution >= 0.6 is 0 Å². The van der Waals surface area contributed by atoms with Gasteiger partial charge in [0.15, 0.2) is 5.41 Å². The molecule has 1 unspecified atom stereocenters. The summed E-state index contributed by atoms with van der Waals surface area (Å²) < 4.78 is 5.20. The number of rotatable bonds is 6. The molecule has 1 atom stereocenters. The number of hydrogen-bond donors (Lipinski definition) is 0. The highest BCUT2D eigenvalue weighted by Gasteiger charge is 2.52. The Morgan fingerprint density at radius 3 is 2.40 bits per heavy atom. The number of carbonyl (C=O) groups excluding carboxylic acids is 2. The Morgan fingerprint density at radius 1 is 0.967 bits per heavy atom. The summed E-state index contributed by atoms with van der Waals surface area (Å²) in [7, 11) is 1.38. The van der Waals surface area contributed by atoms with E-state index in [0.29, 0.717) is 19.4 Å². The molecule has 0 bridgehead atoms. The number of hydrogen-bond acceptors (Lipinski definition) is 4. The highest BCUT2D eigenvalue weighted by atomic mass is 16.5. The van der Waals surface area contributed by atoms with Gasteiger partial charge in [-0.05, 0) is 56.0 Å². The zero-order valence-corrected chi connectivity index (χ0v) is 17.7. The first-order chi connectivity index (χ1) is 14.6. The third-order valence-electron chi connectivity index (χ3n) is 6.44. The molecule has 2 aliphatic rings. The molecule has 2 aromatic carbocycles. The summed E-state index contributed by atoms with van der Waals surface area (Å²) >= 11 is 0. The molecule has 4 rings (SSSR count). The molecule has 2 heterocycles. The normalized spacial score (nSPS) is 21.9. The number of para-hydroxylation sites is 1. The number of anilines is 1. The van der Waals surface area contributed by atoms with Crippen molar-refractivity contribution in [3.05, 3.63) is 65.7 Å². The summed E-state index contributed by atoms with van der Waals surface area (Å²) in [5.41, 5.74) is 1.68. The molecule has 5 nitrogen and oxygen atoms in total. The quantitative estimate of drug-likeness (QED) is 0.545. The van der Waals surface area contributed by atoms with Gasteiger partial charge in [0.2, 0.25) is 5.91 Å². The van der Waals surface area contributed by atoms with E-state index in [-0.39, 0.29) is 5.91 Å². The molecule has 5 heteroatoms. The van der Waals surface area contributed by atoms with Crippen LogP contribution in [0.1, 0.15) is 30.4 Å². The highest BCUT2D eigenvalue weighted by Crippen LogP contribution is 2.41. The number of piperidine rings is 1. The number of methoxy groups -OCH3 is 1. The van der Waals surface area contributed by atoms with E-state index in [1.807, 2.05) is 59.5 Å². The summed E-state index contributed by atoms with van der Waals surface area (Å²) in [4.78, 5) is 31.2. The van der Waals surface area contributed by atoms with Crippen molar-refractivity contribution in [3.8, 4) is 0 Å². The first-order valence-corrected chi connectivity index (χ1v) is 10.9. The van der Waals surface area contributed by atoms with Crippen molar-refractivity contribution in [1.82, 2.24) is 4.90 Å². The lowest BCUT2D eigenvalue weighted by molar-refractivity contribution is -0.158. The molecule has 0 spiro atoms. The van der Waals surface area contributed by atoms with E-state index in [0.717, 1.165) is 36.4 Å². The number of carbonyl (C=O) groups is 2.